The van der Waals surface area contributed by atoms with Crippen LogP contribution in [0.2, 0.25) is 0 Å². The van der Waals surface area contributed by atoms with Crippen LogP contribution in [0.4, 0.5) is 0 Å². The lowest BCUT2D eigenvalue weighted by Gasteiger charge is -2.35. The van der Waals surface area contributed by atoms with Crippen molar-refractivity contribution < 1.29 is 0 Å². The molecule has 0 saturated heterocycles. The van der Waals surface area contributed by atoms with Gasteiger partial charge in [-0.3, -0.25) is 0 Å². The Morgan fingerprint density at radius 2 is 0.810 bits per heavy atom. The number of hydrogen-bond donors (Lipinski definition) is 0. The summed E-state index contributed by atoms with van der Waals surface area (Å²) < 4.78 is 0. The molecule has 0 spiro atoms. The van der Waals surface area contributed by atoms with E-state index in [1.165, 1.54) is 16.7 Å². The molecule has 0 amide bonds. The van der Waals surface area contributed by atoms with Crippen molar-refractivity contribution in [2.45, 2.75) is 5.16 Å². The molecule has 0 radical (unpaired) electrons. The Morgan fingerprint density at radius 3 is 1.05 bits per heavy atom. The van der Waals surface area contributed by atoms with Crippen LogP contribution in [0.1, 0.15) is 16.7 Å². The van der Waals surface area contributed by atoms with E-state index >= 15 is 0 Å². The SMILES string of the molecule is CPC(c1ccccc1)(c1ccccc1)c1ccccc1. The third-order valence-electron chi connectivity index (χ3n) is 4.00. The highest BCUT2D eigenvalue weighted by atomic mass is 31.1. The van der Waals surface area contributed by atoms with Crippen molar-refractivity contribution in [1.29, 1.82) is 0 Å². The average Bonchev–Trinajstić information content (AvgIpc) is 2.59. The second-order valence-corrected chi connectivity index (χ2v) is 6.35. The predicted octanol–water partition coefficient (Wildman–Crippen LogP) is 5.29. The summed E-state index contributed by atoms with van der Waals surface area (Å²) >= 11 is 0. The summed E-state index contributed by atoms with van der Waals surface area (Å²) in [4.78, 5) is 0. The third-order valence-corrected chi connectivity index (χ3v) is 5.61. The highest BCUT2D eigenvalue weighted by molar-refractivity contribution is 7.39. The van der Waals surface area contributed by atoms with E-state index in [-0.39, 0.29) is 5.16 Å². The largest absolute Gasteiger partial charge is 0.105 e. The number of hydrogen-bond acceptors (Lipinski definition) is 0. The molecule has 104 valence electrons. The molecule has 0 aliphatic carbocycles. The van der Waals surface area contributed by atoms with E-state index in [2.05, 4.69) is 97.7 Å². The Balaban J connectivity index is 2.29. The highest BCUT2D eigenvalue weighted by Crippen LogP contribution is 2.50. The van der Waals surface area contributed by atoms with Gasteiger partial charge in [0.15, 0.2) is 0 Å². The normalized spacial score (nSPS) is 11.9. The molecule has 0 heterocycles. The van der Waals surface area contributed by atoms with Gasteiger partial charge in [0.2, 0.25) is 0 Å². The van der Waals surface area contributed by atoms with Crippen molar-refractivity contribution in [2.24, 2.45) is 0 Å². The molecule has 0 saturated carbocycles. The van der Waals surface area contributed by atoms with Gasteiger partial charge < -0.3 is 0 Å². The molecule has 0 aromatic heterocycles. The molecule has 1 heteroatoms. The van der Waals surface area contributed by atoms with Gasteiger partial charge in [0.05, 0.1) is 5.16 Å². The maximum Gasteiger partial charge on any atom is 0.0617 e. The molecule has 3 rings (SSSR count). The van der Waals surface area contributed by atoms with E-state index in [1.807, 2.05) is 0 Å². The van der Waals surface area contributed by atoms with Gasteiger partial charge in [0, 0.05) is 0 Å². The second kappa shape index (κ2) is 6.24. The smallest absolute Gasteiger partial charge is 0.0617 e. The van der Waals surface area contributed by atoms with Crippen LogP contribution in [0.15, 0.2) is 91.0 Å². The monoisotopic (exact) mass is 290 g/mol. The molecule has 3 aromatic carbocycles. The molecule has 0 fully saturated rings. The fourth-order valence-electron chi connectivity index (χ4n) is 3.00. The van der Waals surface area contributed by atoms with Gasteiger partial charge in [-0.1, -0.05) is 91.0 Å². The quantitative estimate of drug-likeness (QED) is 0.452. The van der Waals surface area contributed by atoms with Crippen molar-refractivity contribution in [3.05, 3.63) is 108 Å². The zero-order valence-electron chi connectivity index (χ0n) is 12.2. The Labute approximate surface area is 128 Å². The molecule has 1 unspecified atom stereocenters. The predicted molar refractivity (Wildman–Crippen MR) is 93.4 cm³/mol. The van der Waals surface area contributed by atoms with Gasteiger partial charge in [0.1, 0.15) is 0 Å². The maximum atomic E-state index is 2.30. The Kier molecular flexibility index (Phi) is 4.18. The summed E-state index contributed by atoms with van der Waals surface area (Å²) in [6, 6.07) is 32.5. The summed E-state index contributed by atoms with van der Waals surface area (Å²) in [6.45, 7) is 2.30. The summed E-state index contributed by atoms with van der Waals surface area (Å²) in [5.41, 5.74) is 4.09. The van der Waals surface area contributed by atoms with E-state index in [1.54, 1.807) is 0 Å². The first kappa shape index (κ1) is 14.0. The third kappa shape index (κ3) is 2.52. The van der Waals surface area contributed by atoms with Gasteiger partial charge in [-0.15, -0.1) is 8.58 Å². The molecule has 0 nitrogen and oxygen atoms in total. The standard InChI is InChI=1S/C20H19P/c1-21-20(17-11-5-2-6-12-17,18-13-7-3-8-14-18)19-15-9-4-10-16-19/h2-16,21H,1H3. The molecule has 0 bridgehead atoms. The molecule has 21 heavy (non-hydrogen) atoms. The lowest BCUT2D eigenvalue weighted by molar-refractivity contribution is 0.889. The Morgan fingerprint density at radius 1 is 0.524 bits per heavy atom. The minimum Gasteiger partial charge on any atom is -0.105 e. The molecular weight excluding hydrogens is 271 g/mol. The lowest BCUT2D eigenvalue weighted by Crippen LogP contribution is -2.23. The minimum absolute atomic E-state index is 0.0518. The van der Waals surface area contributed by atoms with Crippen molar-refractivity contribution in [2.75, 3.05) is 6.66 Å². The molecule has 0 aliphatic heterocycles. The fourth-order valence-corrected chi connectivity index (χ4v) is 4.36. The molecule has 1 atom stereocenters. The van der Waals surface area contributed by atoms with E-state index in [9.17, 15) is 0 Å². The maximum absolute atomic E-state index is 2.30. The van der Waals surface area contributed by atoms with Crippen molar-refractivity contribution in [3.8, 4) is 0 Å². The van der Waals surface area contributed by atoms with Crippen LogP contribution in [0.5, 0.6) is 0 Å². The molecular formula is C20H19P. The van der Waals surface area contributed by atoms with Crippen LogP contribution in [0, 0.1) is 0 Å². The lowest BCUT2D eigenvalue weighted by atomic mass is 9.84. The summed E-state index contributed by atoms with van der Waals surface area (Å²) in [7, 11) is 0.751. The zero-order chi connectivity index (χ0) is 14.5. The van der Waals surface area contributed by atoms with Crippen molar-refractivity contribution >= 4 is 8.58 Å². The second-order valence-electron chi connectivity index (χ2n) is 5.10. The first-order valence-corrected chi connectivity index (χ1v) is 8.73. The van der Waals surface area contributed by atoms with Gasteiger partial charge in [-0.25, -0.2) is 0 Å². The minimum atomic E-state index is -0.0518. The van der Waals surface area contributed by atoms with E-state index in [4.69, 9.17) is 0 Å². The van der Waals surface area contributed by atoms with Gasteiger partial charge in [-0.05, 0) is 23.4 Å². The molecule has 0 aliphatic rings. The van der Waals surface area contributed by atoms with Crippen LogP contribution in [-0.4, -0.2) is 6.66 Å². The summed E-state index contributed by atoms with van der Waals surface area (Å²) in [5, 5.41) is -0.0518. The Bertz CT molecular complexity index is 578. The average molecular weight is 290 g/mol. The highest BCUT2D eigenvalue weighted by Gasteiger charge is 2.34. The zero-order valence-corrected chi connectivity index (χ0v) is 13.2. The number of rotatable bonds is 4. The van der Waals surface area contributed by atoms with Gasteiger partial charge in [0.25, 0.3) is 0 Å². The van der Waals surface area contributed by atoms with Crippen LogP contribution in [0.3, 0.4) is 0 Å². The molecule has 0 N–H and O–H groups in total. The van der Waals surface area contributed by atoms with Crippen LogP contribution in [-0.2, 0) is 5.16 Å². The van der Waals surface area contributed by atoms with E-state index in [0.29, 0.717) is 0 Å². The van der Waals surface area contributed by atoms with E-state index < -0.39 is 0 Å². The van der Waals surface area contributed by atoms with Crippen molar-refractivity contribution in [1.82, 2.24) is 0 Å². The first-order valence-electron chi connectivity index (χ1n) is 7.23. The van der Waals surface area contributed by atoms with E-state index in [0.717, 1.165) is 8.58 Å². The summed E-state index contributed by atoms with van der Waals surface area (Å²) in [6.07, 6.45) is 0. The van der Waals surface area contributed by atoms with Crippen LogP contribution >= 0.6 is 8.58 Å². The molecule has 3 aromatic rings. The van der Waals surface area contributed by atoms with Gasteiger partial charge >= 0.3 is 0 Å². The first-order chi connectivity index (χ1) is 10.4. The summed E-state index contributed by atoms with van der Waals surface area (Å²) in [5.74, 6) is 0. The Hall–Kier alpha value is -1.91. The topological polar surface area (TPSA) is 0 Å². The van der Waals surface area contributed by atoms with Crippen LogP contribution in [0.25, 0.3) is 0 Å². The van der Waals surface area contributed by atoms with Crippen molar-refractivity contribution in [3.63, 3.8) is 0 Å². The van der Waals surface area contributed by atoms with Gasteiger partial charge in [-0.2, -0.15) is 0 Å². The fraction of sp³-hybridized carbons (Fsp3) is 0.100. The number of benzene rings is 3. The van der Waals surface area contributed by atoms with Crippen LogP contribution < -0.4 is 0 Å².